The van der Waals surface area contributed by atoms with Gasteiger partial charge in [0, 0.05) is 18.5 Å². The van der Waals surface area contributed by atoms with Crippen LogP contribution in [-0.2, 0) is 4.79 Å². The average Bonchev–Trinajstić information content (AvgIpc) is 2.70. The maximum atomic E-state index is 12.4. The molecule has 4 heteroatoms. The van der Waals surface area contributed by atoms with Gasteiger partial charge in [-0.2, -0.15) is 0 Å². The SMILES string of the molecule is CC1CCN(C(=O)CC2(N)CCCCC2)C1CO. The van der Waals surface area contributed by atoms with E-state index >= 15 is 0 Å². The topological polar surface area (TPSA) is 66.6 Å². The minimum absolute atomic E-state index is 0.00434. The molecule has 2 atom stereocenters. The lowest BCUT2D eigenvalue weighted by Gasteiger charge is -2.35. The fraction of sp³-hybridized carbons (Fsp3) is 0.929. The van der Waals surface area contributed by atoms with Crippen LogP contribution in [-0.4, -0.2) is 40.6 Å². The summed E-state index contributed by atoms with van der Waals surface area (Å²) in [7, 11) is 0. The number of carbonyl (C=O) groups excluding carboxylic acids is 1. The van der Waals surface area contributed by atoms with Crippen LogP contribution in [0.5, 0.6) is 0 Å². The predicted octanol–water partition coefficient (Wildman–Crippen LogP) is 1.27. The van der Waals surface area contributed by atoms with E-state index in [1.807, 2.05) is 4.90 Å². The first kappa shape index (κ1) is 13.8. The summed E-state index contributed by atoms with van der Waals surface area (Å²) < 4.78 is 0. The zero-order valence-electron chi connectivity index (χ0n) is 11.4. The van der Waals surface area contributed by atoms with Crippen LogP contribution in [0.4, 0.5) is 0 Å². The van der Waals surface area contributed by atoms with E-state index < -0.39 is 0 Å². The fourth-order valence-electron chi connectivity index (χ4n) is 3.43. The third kappa shape index (κ3) is 2.86. The second-order valence-electron chi connectivity index (χ2n) is 6.20. The van der Waals surface area contributed by atoms with E-state index in [-0.39, 0.29) is 24.1 Å². The van der Waals surface area contributed by atoms with Gasteiger partial charge in [0.25, 0.3) is 0 Å². The van der Waals surface area contributed by atoms with Crippen molar-refractivity contribution in [2.45, 2.75) is 63.5 Å². The maximum absolute atomic E-state index is 12.4. The molecule has 2 unspecified atom stereocenters. The van der Waals surface area contributed by atoms with Crippen molar-refractivity contribution in [3.8, 4) is 0 Å². The molecule has 2 aliphatic rings. The summed E-state index contributed by atoms with van der Waals surface area (Å²) in [5.74, 6) is 0.543. The van der Waals surface area contributed by atoms with Crippen molar-refractivity contribution < 1.29 is 9.90 Å². The minimum Gasteiger partial charge on any atom is -0.394 e. The first-order valence-corrected chi connectivity index (χ1v) is 7.25. The Morgan fingerprint density at radius 3 is 2.67 bits per heavy atom. The van der Waals surface area contributed by atoms with Gasteiger partial charge in [-0.25, -0.2) is 0 Å². The first-order chi connectivity index (χ1) is 8.56. The number of hydrogen-bond donors (Lipinski definition) is 2. The molecule has 2 rings (SSSR count). The number of amides is 1. The van der Waals surface area contributed by atoms with Crippen LogP contribution < -0.4 is 5.73 Å². The molecule has 1 heterocycles. The van der Waals surface area contributed by atoms with E-state index in [1.165, 1.54) is 6.42 Å². The van der Waals surface area contributed by atoms with Crippen LogP contribution in [0.25, 0.3) is 0 Å². The van der Waals surface area contributed by atoms with Gasteiger partial charge in [0.2, 0.25) is 5.91 Å². The minimum atomic E-state index is -0.291. The number of nitrogens with two attached hydrogens (primary N) is 1. The molecule has 3 N–H and O–H groups in total. The average molecular weight is 254 g/mol. The summed E-state index contributed by atoms with van der Waals surface area (Å²) in [4.78, 5) is 14.2. The lowest BCUT2D eigenvalue weighted by molar-refractivity contribution is -0.134. The summed E-state index contributed by atoms with van der Waals surface area (Å²) in [6.07, 6.45) is 6.91. The maximum Gasteiger partial charge on any atom is 0.224 e. The Morgan fingerprint density at radius 2 is 2.06 bits per heavy atom. The molecule has 0 bridgehead atoms. The highest BCUT2D eigenvalue weighted by atomic mass is 16.3. The number of rotatable bonds is 3. The number of likely N-dealkylation sites (tertiary alicyclic amines) is 1. The van der Waals surface area contributed by atoms with Gasteiger partial charge in [-0.1, -0.05) is 26.2 Å². The molecule has 4 nitrogen and oxygen atoms in total. The number of aliphatic hydroxyl groups is 1. The molecule has 1 saturated heterocycles. The van der Waals surface area contributed by atoms with Crippen LogP contribution >= 0.6 is 0 Å². The van der Waals surface area contributed by atoms with Gasteiger partial charge in [-0.3, -0.25) is 4.79 Å². The van der Waals surface area contributed by atoms with Crippen molar-refractivity contribution in [2.24, 2.45) is 11.7 Å². The Labute approximate surface area is 110 Å². The van der Waals surface area contributed by atoms with Crippen molar-refractivity contribution in [3.05, 3.63) is 0 Å². The fourth-order valence-corrected chi connectivity index (χ4v) is 3.43. The third-order valence-electron chi connectivity index (χ3n) is 4.74. The monoisotopic (exact) mass is 254 g/mol. The van der Waals surface area contributed by atoms with Gasteiger partial charge in [0.1, 0.15) is 0 Å². The quantitative estimate of drug-likeness (QED) is 0.797. The second-order valence-corrected chi connectivity index (χ2v) is 6.20. The largest absolute Gasteiger partial charge is 0.394 e. The number of aliphatic hydroxyl groups excluding tert-OH is 1. The summed E-state index contributed by atoms with van der Waals surface area (Å²) in [6.45, 7) is 2.96. The standard InChI is InChI=1S/C14H26N2O2/c1-11-5-8-16(12(11)10-17)13(18)9-14(15)6-3-2-4-7-14/h11-12,17H,2-10,15H2,1H3. The molecule has 1 amide bonds. The lowest BCUT2D eigenvalue weighted by Crippen LogP contribution is -2.49. The van der Waals surface area contributed by atoms with E-state index in [9.17, 15) is 9.90 Å². The first-order valence-electron chi connectivity index (χ1n) is 7.25. The van der Waals surface area contributed by atoms with Crippen LogP contribution in [0.2, 0.25) is 0 Å². The summed E-state index contributed by atoms with van der Waals surface area (Å²) in [5, 5.41) is 9.40. The van der Waals surface area contributed by atoms with Gasteiger partial charge < -0.3 is 15.7 Å². The zero-order chi connectivity index (χ0) is 13.2. The molecule has 2 fully saturated rings. The lowest BCUT2D eigenvalue weighted by atomic mass is 9.80. The van der Waals surface area contributed by atoms with Gasteiger partial charge >= 0.3 is 0 Å². The smallest absolute Gasteiger partial charge is 0.224 e. The molecule has 18 heavy (non-hydrogen) atoms. The highest BCUT2D eigenvalue weighted by molar-refractivity contribution is 5.78. The van der Waals surface area contributed by atoms with Gasteiger partial charge in [0.05, 0.1) is 12.6 Å². The van der Waals surface area contributed by atoms with E-state index in [0.29, 0.717) is 12.3 Å². The Balaban J connectivity index is 1.95. The summed E-state index contributed by atoms with van der Waals surface area (Å²) in [5.41, 5.74) is 6.05. The van der Waals surface area contributed by atoms with Crippen molar-refractivity contribution in [1.29, 1.82) is 0 Å². The summed E-state index contributed by atoms with van der Waals surface area (Å²) >= 11 is 0. The van der Waals surface area contributed by atoms with E-state index in [4.69, 9.17) is 5.73 Å². The van der Waals surface area contributed by atoms with E-state index in [1.54, 1.807) is 0 Å². The second kappa shape index (κ2) is 5.57. The van der Waals surface area contributed by atoms with Gasteiger partial charge in [-0.15, -0.1) is 0 Å². The van der Waals surface area contributed by atoms with Crippen LogP contribution in [0.15, 0.2) is 0 Å². The number of hydrogen-bond acceptors (Lipinski definition) is 3. The third-order valence-corrected chi connectivity index (χ3v) is 4.74. The molecule has 1 aliphatic heterocycles. The van der Waals surface area contributed by atoms with E-state index in [0.717, 1.165) is 38.6 Å². The zero-order valence-corrected chi connectivity index (χ0v) is 11.4. The van der Waals surface area contributed by atoms with Crippen molar-refractivity contribution in [3.63, 3.8) is 0 Å². The van der Waals surface area contributed by atoms with E-state index in [2.05, 4.69) is 6.92 Å². The molecule has 0 spiro atoms. The molecule has 0 aromatic heterocycles. The molecule has 1 saturated carbocycles. The summed E-state index contributed by atoms with van der Waals surface area (Å²) in [6, 6.07) is 0.00434. The molecule has 0 radical (unpaired) electrons. The molecular weight excluding hydrogens is 228 g/mol. The normalized spacial score (nSPS) is 31.6. The number of carbonyl (C=O) groups is 1. The van der Waals surface area contributed by atoms with Crippen molar-refractivity contribution in [1.82, 2.24) is 4.90 Å². The highest BCUT2D eigenvalue weighted by Crippen LogP contribution is 2.31. The predicted molar refractivity (Wildman–Crippen MR) is 71.0 cm³/mol. The molecular formula is C14H26N2O2. The Kier molecular flexibility index (Phi) is 4.28. The Hall–Kier alpha value is -0.610. The highest BCUT2D eigenvalue weighted by Gasteiger charge is 2.37. The molecule has 1 aliphatic carbocycles. The van der Waals surface area contributed by atoms with Crippen LogP contribution in [0.3, 0.4) is 0 Å². The Morgan fingerprint density at radius 1 is 1.39 bits per heavy atom. The Bertz CT molecular complexity index is 300. The van der Waals surface area contributed by atoms with Crippen LogP contribution in [0.1, 0.15) is 51.9 Å². The molecule has 0 aromatic rings. The van der Waals surface area contributed by atoms with Crippen LogP contribution in [0, 0.1) is 5.92 Å². The number of nitrogens with zero attached hydrogens (tertiary/aromatic N) is 1. The molecule has 0 aromatic carbocycles. The van der Waals surface area contributed by atoms with Crippen molar-refractivity contribution >= 4 is 5.91 Å². The van der Waals surface area contributed by atoms with Gasteiger partial charge in [0.15, 0.2) is 0 Å². The molecule has 104 valence electrons. The van der Waals surface area contributed by atoms with Gasteiger partial charge in [-0.05, 0) is 25.2 Å². The van der Waals surface area contributed by atoms with Crippen molar-refractivity contribution in [2.75, 3.05) is 13.2 Å².